The number of hydrogen-bond acceptors (Lipinski definition) is 4. The Morgan fingerprint density at radius 2 is 1.73 bits per heavy atom. The Labute approximate surface area is 177 Å². The topological polar surface area (TPSA) is 63.7 Å². The second kappa shape index (κ2) is 10.0. The minimum Gasteiger partial charge on any atom is -0.457 e. The molecule has 1 aliphatic heterocycles. The van der Waals surface area contributed by atoms with Crippen LogP contribution in [-0.2, 0) is 14.3 Å². The highest BCUT2D eigenvalue weighted by Gasteiger charge is 2.28. The van der Waals surface area contributed by atoms with Crippen molar-refractivity contribution in [3.05, 3.63) is 76.9 Å². The summed E-state index contributed by atoms with van der Waals surface area (Å²) in [7, 11) is 0. The SMILES string of the molecule is Cc1ccc(C(=O)COC(=O)C2CCN(C(=O)/C=C/c3ccccc3)CC2)c(C)c1. The number of likely N-dealkylation sites (tertiary alicyclic amines) is 1. The number of amides is 1. The van der Waals surface area contributed by atoms with Gasteiger partial charge >= 0.3 is 5.97 Å². The fraction of sp³-hybridized carbons (Fsp3) is 0.320. The Morgan fingerprint density at radius 1 is 1.03 bits per heavy atom. The van der Waals surface area contributed by atoms with Crippen molar-refractivity contribution in [2.45, 2.75) is 26.7 Å². The third-order valence-corrected chi connectivity index (χ3v) is 5.39. The van der Waals surface area contributed by atoms with Gasteiger partial charge in [-0.25, -0.2) is 0 Å². The van der Waals surface area contributed by atoms with E-state index in [1.807, 2.05) is 56.3 Å². The number of benzene rings is 2. The van der Waals surface area contributed by atoms with Crippen LogP contribution in [0.3, 0.4) is 0 Å². The van der Waals surface area contributed by atoms with Gasteiger partial charge in [-0.15, -0.1) is 0 Å². The van der Waals surface area contributed by atoms with Crippen LogP contribution in [0, 0.1) is 19.8 Å². The number of hydrogen-bond donors (Lipinski definition) is 0. The van der Waals surface area contributed by atoms with Crippen LogP contribution in [0.15, 0.2) is 54.6 Å². The van der Waals surface area contributed by atoms with Gasteiger partial charge in [-0.05, 0) is 43.9 Å². The van der Waals surface area contributed by atoms with E-state index in [0.717, 1.165) is 16.7 Å². The van der Waals surface area contributed by atoms with Crippen molar-refractivity contribution < 1.29 is 19.1 Å². The lowest BCUT2D eigenvalue weighted by molar-refractivity contribution is -0.150. The maximum absolute atomic E-state index is 12.4. The Kier molecular flexibility index (Phi) is 7.17. The zero-order chi connectivity index (χ0) is 21.5. The average molecular weight is 405 g/mol. The second-order valence-corrected chi connectivity index (χ2v) is 7.69. The highest BCUT2D eigenvalue weighted by atomic mass is 16.5. The number of ketones is 1. The molecule has 5 heteroatoms. The molecular weight excluding hydrogens is 378 g/mol. The van der Waals surface area contributed by atoms with Crippen LogP contribution in [0.1, 0.15) is 39.9 Å². The summed E-state index contributed by atoms with van der Waals surface area (Å²) in [4.78, 5) is 38.8. The summed E-state index contributed by atoms with van der Waals surface area (Å²) in [6.45, 7) is 4.60. The molecule has 1 amide bonds. The van der Waals surface area contributed by atoms with Crippen molar-refractivity contribution in [2.75, 3.05) is 19.7 Å². The number of Topliss-reactive ketones (excluding diaryl/α,β-unsaturated/α-hetero) is 1. The monoisotopic (exact) mass is 405 g/mol. The van der Waals surface area contributed by atoms with E-state index in [1.54, 1.807) is 23.1 Å². The van der Waals surface area contributed by atoms with Gasteiger partial charge in [0.25, 0.3) is 0 Å². The zero-order valence-electron chi connectivity index (χ0n) is 17.5. The second-order valence-electron chi connectivity index (χ2n) is 7.69. The molecule has 5 nitrogen and oxygen atoms in total. The van der Waals surface area contributed by atoms with E-state index in [0.29, 0.717) is 31.5 Å². The van der Waals surface area contributed by atoms with Crippen molar-refractivity contribution in [3.63, 3.8) is 0 Å². The van der Waals surface area contributed by atoms with E-state index < -0.39 is 0 Å². The van der Waals surface area contributed by atoms with Gasteiger partial charge < -0.3 is 9.64 Å². The molecule has 0 N–H and O–H groups in total. The standard InChI is InChI=1S/C25H27NO4/c1-18-8-10-22(19(2)16-18)23(27)17-30-25(29)21-12-14-26(15-13-21)24(28)11-9-20-6-4-3-5-7-20/h3-11,16,21H,12-15,17H2,1-2H3/b11-9+. The van der Waals surface area contributed by atoms with Gasteiger partial charge in [0.2, 0.25) is 11.7 Å². The van der Waals surface area contributed by atoms with Crippen molar-refractivity contribution >= 4 is 23.7 Å². The minimum atomic E-state index is -0.361. The molecule has 0 bridgehead atoms. The molecule has 1 aliphatic rings. The summed E-state index contributed by atoms with van der Waals surface area (Å²) in [6, 6.07) is 15.2. The first kappa shape index (κ1) is 21.5. The highest BCUT2D eigenvalue weighted by molar-refractivity contribution is 5.99. The Bertz CT molecular complexity index is 941. The molecule has 1 fully saturated rings. The Morgan fingerprint density at radius 3 is 2.40 bits per heavy atom. The van der Waals surface area contributed by atoms with Crippen LogP contribution in [0.2, 0.25) is 0 Å². The fourth-order valence-electron chi connectivity index (χ4n) is 3.63. The molecule has 0 saturated carbocycles. The smallest absolute Gasteiger partial charge is 0.309 e. The van der Waals surface area contributed by atoms with Crippen LogP contribution in [-0.4, -0.2) is 42.3 Å². The van der Waals surface area contributed by atoms with Crippen molar-refractivity contribution in [1.29, 1.82) is 0 Å². The Balaban J connectivity index is 1.45. The van der Waals surface area contributed by atoms with Gasteiger partial charge in [0, 0.05) is 24.7 Å². The third kappa shape index (κ3) is 5.66. The van der Waals surface area contributed by atoms with Gasteiger partial charge in [-0.2, -0.15) is 0 Å². The van der Waals surface area contributed by atoms with Gasteiger partial charge in [-0.3, -0.25) is 14.4 Å². The lowest BCUT2D eigenvalue weighted by Crippen LogP contribution is -2.40. The molecule has 0 unspecified atom stereocenters. The first-order valence-electron chi connectivity index (χ1n) is 10.2. The molecule has 0 aliphatic carbocycles. The first-order valence-corrected chi connectivity index (χ1v) is 10.2. The quantitative estimate of drug-likeness (QED) is 0.414. The van der Waals surface area contributed by atoms with E-state index in [1.165, 1.54) is 0 Å². The van der Waals surface area contributed by atoms with Gasteiger partial charge in [0.1, 0.15) is 0 Å². The molecule has 3 rings (SSSR count). The number of aryl methyl sites for hydroxylation is 2. The predicted molar refractivity (Wildman–Crippen MR) is 116 cm³/mol. The maximum atomic E-state index is 12.4. The summed E-state index contributed by atoms with van der Waals surface area (Å²) < 4.78 is 5.28. The molecular formula is C25H27NO4. The van der Waals surface area contributed by atoms with E-state index >= 15 is 0 Å². The van der Waals surface area contributed by atoms with Crippen molar-refractivity contribution in [3.8, 4) is 0 Å². The average Bonchev–Trinajstić information content (AvgIpc) is 2.76. The number of carbonyl (C=O) groups is 3. The molecule has 30 heavy (non-hydrogen) atoms. The predicted octanol–water partition coefficient (Wildman–Crippen LogP) is 3.98. The molecule has 1 saturated heterocycles. The van der Waals surface area contributed by atoms with E-state index in [9.17, 15) is 14.4 Å². The van der Waals surface area contributed by atoms with Crippen LogP contribution in [0.25, 0.3) is 6.08 Å². The molecule has 0 radical (unpaired) electrons. The van der Waals surface area contributed by atoms with Crippen LogP contribution < -0.4 is 0 Å². The maximum Gasteiger partial charge on any atom is 0.309 e. The number of carbonyl (C=O) groups excluding carboxylic acids is 3. The fourth-order valence-corrected chi connectivity index (χ4v) is 3.63. The molecule has 156 valence electrons. The van der Waals surface area contributed by atoms with E-state index in [4.69, 9.17) is 4.74 Å². The highest BCUT2D eigenvalue weighted by Crippen LogP contribution is 2.20. The molecule has 1 heterocycles. The summed E-state index contributed by atoms with van der Waals surface area (Å²) in [5, 5.41) is 0. The third-order valence-electron chi connectivity index (χ3n) is 5.39. The van der Waals surface area contributed by atoms with Crippen molar-refractivity contribution in [1.82, 2.24) is 4.90 Å². The number of rotatable bonds is 6. The number of nitrogens with zero attached hydrogens (tertiary/aromatic N) is 1. The number of esters is 1. The van der Waals surface area contributed by atoms with Crippen molar-refractivity contribution in [2.24, 2.45) is 5.92 Å². The largest absolute Gasteiger partial charge is 0.457 e. The normalized spacial score (nSPS) is 14.7. The summed E-state index contributed by atoms with van der Waals surface area (Å²) in [5.74, 6) is -0.894. The van der Waals surface area contributed by atoms with Gasteiger partial charge in [0.05, 0.1) is 5.92 Å². The number of piperidine rings is 1. The van der Waals surface area contributed by atoms with E-state index in [2.05, 4.69) is 0 Å². The van der Waals surface area contributed by atoms with Gasteiger partial charge in [0.15, 0.2) is 6.61 Å². The molecule has 0 spiro atoms. The summed E-state index contributed by atoms with van der Waals surface area (Å²) in [5.41, 5.74) is 3.52. The van der Waals surface area contributed by atoms with Crippen LogP contribution in [0.4, 0.5) is 0 Å². The summed E-state index contributed by atoms with van der Waals surface area (Å²) in [6.07, 6.45) is 4.45. The zero-order valence-corrected chi connectivity index (χ0v) is 17.5. The first-order chi connectivity index (χ1) is 14.4. The molecule has 0 atom stereocenters. The lowest BCUT2D eigenvalue weighted by atomic mass is 9.97. The van der Waals surface area contributed by atoms with Crippen LogP contribution in [0.5, 0.6) is 0 Å². The molecule has 2 aromatic rings. The van der Waals surface area contributed by atoms with Crippen LogP contribution >= 0.6 is 0 Å². The molecule has 2 aromatic carbocycles. The van der Waals surface area contributed by atoms with Gasteiger partial charge in [-0.1, -0.05) is 54.1 Å². The lowest BCUT2D eigenvalue weighted by Gasteiger charge is -2.30. The Hall–Kier alpha value is -3.21. The molecule has 0 aromatic heterocycles. The summed E-state index contributed by atoms with van der Waals surface area (Å²) >= 11 is 0. The minimum absolute atomic E-state index is 0.0595. The van der Waals surface area contributed by atoms with E-state index in [-0.39, 0.29) is 30.2 Å². The number of ether oxygens (including phenoxy) is 1.